The van der Waals surface area contributed by atoms with Crippen LogP contribution in [0.4, 0.5) is 0 Å². The van der Waals surface area contributed by atoms with Crippen LogP contribution in [0.15, 0.2) is 24.3 Å². The van der Waals surface area contributed by atoms with Crippen molar-refractivity contribution in [1.82, 2.24) is 5.32 Å². The number of hydrogen-bond acceptors (Lipinski definition) is 2. The van der Waals surface area contributed by atoms with Gasteiger partial charge in [0.25, 0.3) is 0 Å². The van der Waals surface area contributed by atoms with Crippen LogP contribution in [0.2, 0.25) is 0 Å². The number of hydrogen-bond donors (Lipinski definition) is 1. The van der Waals surface area contributed by atoms with E-state index in [1.165, 1.54) is 31.2 Å². The molecular formula is C16H24ClNO. The third kappa shape index (κ3) is 5.04. The van der Waals surface area contributed by atoms with E-state index < -0.39 is 0 Å². The van der Waals surface area contributed by atoms with Crippen molar-refractivity contribution in [2.75, 3.05) is 20.2 Å². The lowest BCUT2D eigenvalue weighted by Crippen LogP contribution is -2.28. The molecule has 1 saturated carbocycles. The molecule has 0 spiro atoms. The highest BCUT2D eigenvalue weighted by Gasteiger charge is 2.19. The molecule has 0 radical (unpaired) electrons. The molecule has 0 aromatic heterocycles. The second-order valence-corrected chi connectivity index (χ2v) is 6.05. The molecule has 1 fully saturated rings. The van der Waals surface area contributed by atoms with Crippen molar-refractivity contribution in [3.63, 3.8) is 0 Å². The third-order valence-corrected chi connectivity index (χ3v) is 4.30. The summed E-state index contributed by atoms with van der Waals surface area (Å²) in [6.45, 7) is 2.15. The molecule has 2 atom stereocenters. The van der Waals surface area contributed by atoms with Crippen LogP contribution in [0.5, 0.6) is 5.75 Å². The van der Waals surface area contributed by atoms with Crippen LogP contribution in [0.3, 0.4) is 0 Å². The van der Waals surface area contributed by atoms with Gasteiger partial charge >= 0.3 is 0 Å². The molecule has 1 aliphatic carbocycles. The van der Waals surface area contributed by atoms with Crippen LogP contribution < -0.4 is 10.1 Å². The molecule has 19 heavy (non-hydrogen) atoms. The summed E-state index contributed by atoms with van der Waals surface area (Å²) in [5.74, 6) is 1.69. The topological polar surface area (TPSA) is 21.3 Å². The van der Waals surface area contributed by atoms with Gasteiger partial charge in [0.15, 0.2) is 0 Å². The summed E-state index contributed by atoms with van der Waals surface area (Å²) < 4.78 is 5.16. The standard InChI is InChI=1S/C16H24ClNO/c1-19-16-7-5-13(6-8-16)9-10-18-12-14-3-2-4-15(17)11-14/h5-8,14-15,18H,2-4,9-12H2,1H3. The van der Waals surface area contributed by atoms with Crippen molar-refractivity contribution in [3.05, 3.63) is 29.8 Å². The summed E-state index contributed by atoms with van der Waals surface area (Å²) in [4.78, 5) is 0. The normalized spacial score (nSPS) is 23.3. The van der Waals surface area contributed by atoms with Crippen molar-refractivity contribution in [1.29, 1.82) is 0 Å². The first-order valence-electron chi connectivity index (χ1n) is 7.25. The van der Waals surface area contributed by atoms with Crippen LogP contribution in [0.25, 0.3) is 0 Å². The highest BCUT2D eigenvalue weighted by atomic mass is 35.5. The zero-order valence-electron chi connectivity index (χ0n) is 11.7. The van der Waals surface area contributed by atoms with E-state index in [1.54, 1.807) is 7.11 Å². The molecule has 1 aromatic carbocycles. The van der Waals surface area contributed by atoms with Gasteiger partial charge in [-0.25, -0.2) is 0 Å². The molecule has 1 aromatic rings. The minimum atomic E-state index is 0.405. The highest BCUT2D eigenvalue weighted by molar-refractivity contribution is 6.20. The van der Waals surface area contributed by atoms with Crippen LogP contribution in [-0.4, -0.2) is 25.6 Å². The van der Waals surface area contributed by atoms with Crippen molar-refractivity contribution in [2.24, 2.45) is 5.92 Å². The Kier molecular flexibility index (Phi) is 5.99. The van der Waals surface area contributed by atoms with Gasteiger partial charge in [0.2, 0.25) is 0 Å². The maximum atomic E-state index is 6.21. The van der Waals surface area contributed by atoms with E-state index in [2.05, 4.69) is 17.4 Å². The molecule has 0 bridgehead atoms. The number of methoxy groups -OCH3 is 1. The summed E-state index contributed by atoms with van der Waals surface area (Å²) >= 11 is 6.21. The Labute approximate surface area is 121 Å². The molecule has 1 N–H and O–H groups in total. The van der Waals surface area contributed by atoms with E-state index in [4.69, 9.17) is 16.3 Å². The maximum absolute atomic E-state index is 6.21. The van der Waals surface area contributed by atoms with Gasteiger partial charge in [-0.15, -0.1) is 11.6 Å². The number of ether oxygens (including phenoxy) is 1. The third-order valence-electron chi connectivity index (χ3n) is 3.90. The number of rotatable bonds is 6. The molecule has 3 heteroatoms. The van der Waals surface area contributed by atoms with Gasteiger partial charge < -0.3 is 10.1 Å². The molecule has 2 unspecified atom stereocenters. The molecule has 0 aliphatic heterocycles. The first-order chi connectivity index (χ1) is 9.28. The van der Waals surface area contributed by atoms with Crippen molar-refractivity contribution in [3.8, 4) is 5.75 Å². The van der Waals surface area contributed by atoms with Gasteiger partial charge in [0.05, 0.1) is 7.11 Å². The van der Waals surface area contributed by atoms with Gasteiger partial charge in [-0.3, -0.25) is 0 Å². The minimum Gasteiger partial charge on any atom is -0.497 e. The largest absolute Gasteiger partial charge is 0.497 e. The Morgan fingerprint density at radius 2 is 2.05 bits per heavy atom. The Hall–Kier alpha value is -0.730. The first-order valence-corrected chi connectivity index (χ1v) is 7.69. The summed E-state index contributed by atoms with van der Waals surface area (Å²) in [6, 6.07) is 8.31. The first kappa shape index (κ1) is 14.7. The van der Waals surface area contributed by atoms with Crippen molar-refractivity contribution >= 4 is 11.6 Å². The zero-order chi connectivity index (χ0) is 13.5. The minimum absolute atomic E-state index is 0.405. The van der Waals surface area contributed by atoms with E-state index in [1.807, 2.05) is 12.1 Å². The van der Waals surface area contributed by atoms with Gasteiger partial charge in [-0.1, -0.05) is 18.6 Å². The predicted octanol–water partition coefficient (Wildman–Crippen LogP) is 3.62. The Morgan fingerprint density at radius 1 is 1.26 bits per heavy atom. The van der Waals surface area contributed by atoms with Gasteiger partial charge in [-0.05, 0) is 62.4 Å². The van der Waals surface area contributed by atoms with E-state index in [0.29, 0.717) is 5.38 Å². The number of alkyl halides is 1. The number of benzene rings is 1. The average Bonchev–Trinajstić information content (AvgIpc) is 2.44. The van der Waals surface area contributed by atoms with Crippen LogP contribution in [0.1, 0.15) is 31.2 Å². The van der Waals surface area contributed by atoms with Crippen molar-refractivity contribution < 1.29 is 4.74 Å². The quantitative estimate of drug-likeness (QED) is 0.635. The average molecular weight is 282 g/mol. The van der Waals surface area contributed by atoms with Crippen LogP contribution in [0, 0.1) is 5.92 Å². The molecular weight excluding hydrogens is 258 g/mol. The fourth-order valence-corrected chi connectivity index (χ4v) is 3.15. The Morgan fingerprint density at radius 3 is 2.74 bits per heavy atom. The summed E-state index contributed by atoms with van der Waals surface area (Å²) in [6.07, 6.45) is 6.07. The second-order valence-electron chi connectivity index (χ2n) is 5.43. The number of nitrogens with one attached hydrogen (secondary N) is 1. The predicted molar refractivity (Wildman–Crippen MR) is 81.2 cm³/mol. The highest BCUT2D eigenvalue weighted by Crippen LogP contribution is 2.27. The fourth-order valence-electron chi connectivity index (χ4n) is 2.74. The maximum Gasteiger partial charge on any atom is 0.118 e. The molecule has 0 saturated heterocycles. The monoisotopic (exact) mass is 281 g/mol. The van der Waals surface area contributed by atoms with E-state index in [9.17, 15) is 0 Å². The lowest BCUT2D eigenvalue weighted by molar-refractivity contribution is 0.347. The molecule has 0 heterocycles. The van der Waals surface area contributed by atoms with Crippen molar-refractivity contribution in [2.45, 2.75) is 37.5 Å². The molecule has 2 nitrogen and oxygen atoms in total. The Bertz CT molecular complexity index is 366. The van der Waals surface area contributed by atoms with Crippen LogP contribution >= 0.6 is 11.6 Å². The smallest absolute Gasteiger partial charge is 0.118 e. The summed E-state index contributed by atoms with van der Waals surface area (Å²) in [7, 11) is 1.70. The molecule has 1 aliphatic rings. The molecule has 2 rings (SSSR count). The molecule has 0 amide bonds. The van der Waals surface area contributed by atoms with Gasteiger partial charge in [0.1, 0.15) is 5.75 Å². The van der Waals surface area contributed by atoms with E-state index in [-0.39, 0.29) is 0 Å². The number of halogens is 1. The fraction of sp³-hybridized carbons (Fsp3) is 0.625. The summed E-state index contributed by atoms with van der Waals surface area (Å²) in [5.41, 5.74) is 1.35. The van der Waals surface area contributed by atoms with E-state index >= 15 is 0 Å². The second kappa shape index (κ2) is 7.76. The van der Waals surface area contributed by atoms with Gasteiger partial charge in [0, 0.05) is 5.38 Å². The lowest BCUT2D eigenvalue weighted by atomic mass is 9.89. The molecule has 106 valence electrons. The van der Waals surface area contributed by atoms with E-state index in [0.717, 1.165) is 31.2 Å². The lowest BCUT2D eigenvalue weighted by Gasteiger charge is -2.25. The SMILES string of the molecule is COc1ccc(CCNCC2CCCC(Cl)C2)cc1. The zero-order valence-corrected chi connectivity index (χ0v) is 12.5. The Balaban J connectivity index is 1.63. The van der Waals surface area contributed by atoms with Crippen LogP contribution in [-0.2, 0) is 6.42 Å². The van der Waals surface area contributed by atoms with Gasteiger partial charge in [-0.2, -0.15) is 0 Å². The summed E-state index contributed by atoms with van der Waals surface area (Å²) in [5, 5.41) is 3.97.